The quantitative estimate of drug-likeness (QED) is 0.686. The van der Waals surface area contributed by atoms with Crippen molar-refractivity contribution in [2.75, 3.05) is 6.61 Å². The first kappa shape index (κ1) is 10.7. The van der Waals surface area contributed by atoms with Gasteiger partial charge in [0, 0.05) is 5.38 Å². The Balaban J connectivity index is 2.89. The minimum absolute atomic E-state index is 0.250. The summed E-state index contributed by atoms with van der Waals surface area (Å²) in [5.74, 6) is 0. The van der Waals surface area contributed by atoms with E-state index in [0.29, 0.717) is 5.30 Å². The molecule has 3 nitrogen and oxygen atoms in total. The fraction of sp³-hybridized carbons (Fsp3) is 0.333. The van der Waals surface area contributed by atoms with Gasteiger partial charge in [-0.25, -0.2) is 0 Å². The molecule has 0 saturated carbocycles. The fourth-order valence-electron chi connectivity index (χ4n) is 0.699. The zero-order chi connectivity index (χ0) is 9.19. The lowest BCUT2D eigenvalue weighted by Gasteiger charge is -2.07. The summed E-state index contributed by atoms with van der Waals surface area (Å²) < 4.78 is 17.1. The van der Waals surface area contributed by atoms with Crippen molar-refractivity contribution in [1.82, 2.24) is 0 Å². The van der Waals surface area contributed by atoms with Gasteiger partial charge in [-0.05, 0) is 35.6 Å². The summed E-state index contributed by atoms with van der Waals surface area (Å²) in [7, 11) is -3.52. The fourth-order valence-corrected chi connectivity index (χ4v) is 3.73. The molecule has 0 aliphatic rings. The molecule has 68 valence electrons. The van der Waals surface area contributed by atoms with Gasteiger partial charge in [-0.2, -0.15) is 0 Å². The van der Waals surface area contributed by atoms with Crippen molar-refractivity contribution in [3.8, 4) is 0 Å². The van der Waals surface area contributed by atoms with Gasteiger partial charge in [-0.1, -0.05) is 0 Å². The van der Waals surface area contributed by atoms with E-state index in [1.54, 1.807) is 18.4 Å². The Kier molecular flexibility index (Phi) is 3.73. The van der Waals surface area contributed by atoms with Gasteiger partial charge in [0.25, 0.3) is 0 Å². The number of rotatable bonds is 3. The summed E-state index contributed by atoms with van der Waals surface area (Å²) >= 11 is 3.53. The van der Waals surface area contributed by atoms with E-state index in [0.717, 1.165) is 2.88 Å². The Hall–Kier alpha value is 0.580. The highest BCUT2D eigenvalue weighted by molar-refractivity contribution is 14.1. The van der Waals surface area contributed by atoms with E-state index in [2.05, 4.69) is 22.6 Å². The van der Waals surface area contributed by atoms with Crippen molar-refractivity contribution >= 4 is 46.8 Å². The van der Waals surface area contributed by atoms with E-state index >= 15 is 0 Å². The number of thiophene rings is 1. The van der Waals surface area contributed by atoms with Crippen molar-refractivity contribution in [1.29, 1.82) is 0 Å². The first-order valence-electron chi connectivity index (χ1n) is 3.28. The molecule has 0 amide bonds. The highest BCUT2D eigenvalue weighted by Crippen LogP contribution is 2.41. The largest absolute Gasteiger partial charge is 0.359 e. The van der Waals surface area contributed by atoms with Gasteiger partial charge < -0.3 is 9.42 Å². The lowest BCUT2D eigenvalue weighted by atomic mass is 10.7. The maximum absolute atomic E-state index is 11.4. The first-order valence-corrected chi connectivity index (χ1v) is 6.82. The van der Waals surface area contributed by atoms with E-state index in [4.69, 9.17) is 4.52 Å². The van der Waals surface area contributed by atoms with Gasteiger partial charge in [0.1, 0.15) is 0 Å². The third-order valence-corrected chi connectivity index (χ3v) is 4.67. The van der Waals surface area contributed by atoms with Crippen molar-refractivity contribution < 1.29 is 14.0 Å². The molecule has 12 heavy (non-hydrogen) atoms. The van der Waals surface area contributed by atoms with Gasteiger partial charge in [0.2, 0.25) is 0 Å². The molecule has 0 aliphatic carbocycles. The standard InChI is InChI=1S/C6H8IO3PS/c1-2-10-11(8,9)5-3-6(7)12-4-5/h3-4H,2H2,1H3,(H,8,9). The number of hydrogen-bond acceptors (Lipinski definition) is 3. The molecule has 1 atom stereocenters. The molecule has 1 rings (SSSR count). The zero-order valence-electron chi connectivity index (χ0n) is 6.36. The Morgan fingerprint density at radius 3 is 2.92 bits per heavy atom. The summed E-state index contributed by atoms with van der Waals surface area (Å²) in [6.07, 6.45) is 0. The van der Waals surface area contributed by atoms with Gasteiger partial charge in [-0.3, -0.25) is 4.57 Å². The first-order chi connectivity index (χ1) is 5.56. The molecule has 6 heteroatoms. The van der Waals surface area contributed by atoms with Gasteiger partial charge in [-0.15, -0.1) is 11.3 Å². The second-order valence-corrected chi connectivity index (χ2v) is 6.67. The molecule has 1 heterocycles. The molecule has 0 fully saturated rings. The van der Waals surface area contributed by atoms with Gasteiger partial charge in [0.05, 0.1) is 14.8 Å². The SMILES string of the molecule is CCOP(=O)(O)c1csc(I)c1. The Bertz CT molecular complexity index is 311. The van der Waals surface area contributed by atoms with Crippen LogP contribution in [0.2, 0.25) is 0 Å². The summed E-state index contributed by atoms with van der Waals surface area (Å²) in [6.45, 7) is 1.94. The summed E-state index contributed by atoms with van der Waals surface area (Å²) in [6, 6.07) is 1.67. The van der Waals surface area contributed by atoms with Crippen molar-refractivity contribution in [3.05, 3.63) is 14.3 Å². The molecule has 1 N–H and O–H groups in total. The molecular formula is C6H8IO3PS. The second kappa shape index (κ2) is 4.19. The lowest BCUT2D eigenvalue weighted by molar-refractivity contribution is 0.284. The zero-order valence-corrected chi connectivity index (χ0v) is 10.2. The second-order valence-electron chi connectivity index (χ2n) is 2.05. The van der Waals surface area contributed by atoms with Crippen LogP contribution in [-0.4, -0.2) is 11.5 Å². The van der Waals surface area contributed by atoms with Crippen LogP contribution in [0.3, 0.4) is 0 Å². The maximum atomic E-state index is 11.4. The van der Waals surface area contributed by atoms with Crippen LogP contribution >= 0.6 is 41.5 Å². The Morgan fingerprint density at radius 2 is 2.50 bits per heavy atom. The molecule has 0 radical (unpaired) electrons. The monoisotopic (exact) mass is 318 g/mol. The van der Waals surface area contributed by atoms with Crippen molar-refractivity contribution in [2.45, 2.75) is 6.92 Å². The van der Waals surface area contributed by atoms with Crippen LogP contribution in [0, 0.1) is 2.88 Å². The number of halogens is 1. The average Bonchev–Trinajstić information content (AvgIpc) is 2.36. The minimum Gasteiger partial charge on any atom is -0.321 e. The van der Waals surface area contributed by atoms with Crippen LogP contribution in [0.5, 0.6) is 0 Å². The predicted molar refractivity (Wildman–Crippen MR) is 58.1 cm³/mol. The van der Waals surface area contributed by atoms with E-state index in [1.165, 1.54) is 11.3 Å². The topological polar surface area (TPSA) is 46.5 Å². The molecule has 0 saturated heterocycles. The molecule has 1 aromatic heterocycles. The van der Waals surface area contributed by atoms with Crippen molar-refractivity contribution in [2.24, 2.45) is 0 Å². The van der Waals surface area contributed by atoms with Crippen molar-refractivity contribution in [3.63, 3.8) is 0 Å². The van der Waals surface area contributed by atoms with E-state index in [-0.39, 0.29) is 6.61 Å². The van der Waals surface area contributed by atoms with Crippen LogP contribution in [0.25, 0.3) is 0 Å². The van der Waals surface area contributed by atoms with Crippen LogP contribution in [0.4, 0.5) is 0 Å². The van der Waals surface area contributed by atoms with E-state index < -0.39 is 7.60 Å². The predicted octanol–water partition coefficient (Wildman–Crippen LogP) is 2.20. The van der Waals surface area contributed by atoms with E-state index in [1.807, 2.05) is 0 Å². The normalized spacial score (nSPS) is 15.9. The summed E-state index contributed by atoms with van der Waals surface area (Å²) in [4.78, 5) is 9.34. The molecule has 0 aromatic carbocycles. The Morgan fingerprint density at radius 1 is 1.83 bits per heavy atom. The lowest BCUT2D eigenvalue weighted by Crippen LogP contribution is -2.03. The number of hydrogen-bond donors (Lipinski definition) is 1. The molecule has 0 spiro atoms. The summed E-state index contributed by atoms with van der Waals surface area (Å²) in [5, 5.41) is 2.04. The van der Waals surface area contributed by atoms with Crippen LogP contribution < -0.4 is 5.30 Å². The van der Waals surface area contributed by atoms with Gasteiger partial charge >= 0.3 is 7.60 Å². The summed E-state index contributed by atoms with van der Waals surface area (Å²) in [5.41, 5.74) is 0. The van der Waals surface area contributed by atoms with E-state index in [9.17, 15) is 9.46 Å². The van der Waals surface area contributed by atoms with Gasteiger partial charge in [0.15, 0.2) is 0 Å². The maximum Gasteiger partial charge on any atom is 0.359 e. The molecular weight excluding hydrogens is 310 g/mol. The van der Waals surface area contributed by atoms with Crippen LogP contribution in [0.1, 0.15) is 6.92 Å². The highest BCUT2D eigenvalue weighted by Gasteiger charge is 2.22. The third kappa shape index (κ3) is 2.53. The average molecular weight is 318 g/mol. The molecule has 0 bridgehead atoms. The minimum atomic E-state index is -3.52. The smallest absolute Gasteiger partial charge is 0.321 e. The molecule has 1 aromatic rings. The van der Waals surface area contributed by atoms with Crippen LogP contribution in [0.15, 0.2) is 11.4 Å². The van der Waals surface area contributed by atoms with Crippen LogP contribution in [-0.2, 0) is 9.09 Å². The highest BCUT2D eigenvalue weighted by atomic mass is 127. The third-order valence-electron chi connectivity index (χ3n) is 1.18. The Labute approximate surface area is 88.4 Å². The molecule has 0 aliphatic heterocycles. The molecule has 1 unspecified atom stereocenters.